The lowest BCUT2D eigenvalue weighted by Gasteiger charge is -2.11. The first-order chi connectivity index (χ1) is 13.7. The number of carbonyl (C=O) groups excluding carboxylic acids is 1. The van der Waals surface area contributed by atoms with Gasteiger partial charge in [0.15, 0.2) is 5.69 Å². The summed E-state index contributed by atoms with van der Waals surface area (Å²) in [5.41, 5.74) is 3.83. The maximum Gasteiger partial charge on any atom is 0.275 e. The molecule has 0 saturated heterocycles. The van der Waals surface area contributed by atoms with Crippen molar-refractivity contribution in [2.24, 2.45) is 0 Å². The third-order valence-corrected chi connectivity index (χ3v) is 6.17. The van der Waals surface area contributed by atoms with Crippen LogP contribution in [0.3, 0.4) is 0 Å². The van der Waals surface area contributed by atoms with E-state index in [0.29, 0.717) is 11.3 Å². The van der Waals surface area contributed by atoms with Crippen LogP contribution in [-0.2, 0) is 15.6 Å². The molecule has 1 heterocycles. The molecule has 1 aromatic heterocycles. The molecule has 0 spiro atoms. The van der Waals surface area contributed by atoms with E-state index in [0.717, 1.165) is 22.9 Å². The van der Waals surface area contributed by atoms with Crippen molar-refractivity contribution in [2.75, 3.05) is 5.32 Å². The summed E-state index contributed by atoms with van der Waals surface area (Å²) in [6.45, 7) is 5.64. The molecule has 1 amide bonds. The van der Waals surface area contributed by atoms with Gasteiger partial charge in [-0.25, -0.2) is 18.4 Å². The van der Waals surface area contributed by atoms with Crippen LogP contribution in [0.25, 0.3) is 0 Å². The third-order valence-electron chi connectivity index (χ3n) is 4.45. The number of nitrogens with one attached hydrogen (secondary N) is 1. The zero-order valence-electron chi connectivity index (χ0n) is 16.2. The lowest BCUT2D eigenvalue weighted by Crippen LogP contribution is -2.18. The fourth-order valence-electron chi connectivity index (χ4n) is 2.84. The highest BCUT2D eigenvalue weighted by atomic mass is 35.5. The van der Waals surface area contributed by atoms with Crippen LogP contribution in [-0.4, -0.2) is 24.3 Å². The van der Waals surface area contributed by atoms with E-state index in [1.165, 1.54) is 0 Å². The molecule has 0 bridgehead atoms. The number of rotatable bonds is 5. The first-order valence-electron chi connectivity index (χ1n) is 8.86. The minimum Gasteiger partial charge on any atom is -0.320 e. The van der Waals surface area contributed by atoms with Crippen LogP contribution in [0.15, 0.2) is 53.8 Å². The molecule has 0 radical (unpaired) electrons. The first-order valence-corrected chi connectivity index (χ1v) is 10.9. The van der Waals surface area contributed by atoms with Gasteiger partial charge >= 0.3 is 0 Å². The lowest BCUT2D eigenvalue weighted by atomic mass is 10.1. The Morgan fingerprint density at radius 2 is 1.79 bits per heavy atom. The Morgan fingerprint density at radius 3 is 2.48 bits per heavy atom. The normalized spacial score (nSPS) is 11.3. The number of hydrogen-bond acceptors (Lipinski definition) is 5. The summed E-state index contributed by atoms with van der Waals surface area (Å²) in [6, 6.07) is 12.7. The van der Waals surface area contributed by atoms with Crippen LogP contribution in [0.4, 0.5) is 5.69 Å². The van der Waals surface area contributed by atoms with Gasteiger partial charge in [0.2, 0.25) is 15.0 Å². The van der Waals surface area contributed by atoms with Crippen LogP contribution in [0.2, 0.25) is 5.02 Å². The minimum absolute atomic E-state index is 0.0258. The molecular formula is C21H20ClN3O3S. The number of hydrogen-bond donors (Lipinski definition) is 1. The molecule has 0 fully saturated rings. The number of benzene rings is 2. The van der Waals surface area contributed by atoms with Gasteiger partial charge in [-0.1, -0.05) is 53.6 Å². The van der Waals surface area contributed by atoms with Crippen LogP contribution >= 0.6 is 11.6 Å². The molecule has 0 aliphatic heterocycles. The second kappa shape index (κ2) is 8.31. The average molecular weight is 430 g/mol. The van der Waals surface area contributed by atoms with Gasteiger partial charge in [-0.3, -0.25) is 4.79 Å². The number of aryl methyl sites for hydroxylation is 3. The summed E-state index contributed by atoms with van der Waals surface area (Å²) >= 11 is 6.08. The van der Waals surface area contributed by atoms with E-state index >= 15 is 0 Å². The summed E-state index contributed by atoms with van der Waals surface area (Å²) < 4.78 is 25.6. The molecule has 0 aliphatic rings. The van der Waals surface area contributed by atoms with Crippen LogP contribution in [0.1, 0.15) is 32.7 Å². The number of carbonyl (C=O) groups is 1. The number of aromatic nitrogens is 2. The van der Waals surface area contributed by atoms with Crippen molar-refractivity contribution in [3.8, 4) is 0 Å². The highest BCUT2D eigenvalue weighted by Crippen LogP contribution is 2.21. The number of nitrogens with zero attached hydrogens (tertiary/aromatic N) is 2. The second-order valence-corrected chi connectivity index (χ2v) is 9.10. The monoisotopic (exact) mass is 429 g/mol. The van der Waals surface area contributed by atoms with Gasteiger partial charge in [-0.05, 0) is 43.5 Å². The summed E-state index contributed by atoms with van der Waals surface area (Å²) in [5.74, 6) is -0.865. The van der Waals surface area contributed by atoms with Crippen molar-refractivity contribution in [1.29, 1.82) is 0 Å². The number of amides is 1. The molecule has 3 rings (SSSR count). The van der Waals surface area contributed by atoms with Crippen LogP contribution < -0.4 is 5.32 Å². The van der Waals surface area contributed by atoms with Crippen LogP contribution in [0, 0.1) is 20.8 Å². The lowest BCUT2D eigenvalue weighted by molar-refractivity contribution is 0.102. The van der Waals surface area contributed by atoms with E-state index in [1.807, 2.05) is 45.0 Å². The van der Waals surface area contributed by atoms with E-state index in [9.17, 15) is 13.2 Å². The highest BCUT2D eigenvalue weighted by molar-refractivity contribution is 7.90. The summed E-state index contributed by atoms with van der Waals surface area (Å²) in [4.78, 5) is 20.5. The molecule has 150 valence electrons. The Morgan fingerprint density at radius 1 is 1.07 bits per heavy atom. The van der Waals surface area contributed by atoms with Crippen molar-refractivity contribution >= 4 is 33.0 Å². The Kier molecular flexibility index (Phi) is 6.00. The topological polar surface area (TPSA) is 89.0 Å². The fraction of sp³-hybridized carbons (Fsp3) is 0.190. The number of sulfone groups is 1. The van der Waals surface area contributed by atoms with E-state index in [1.54, 1.807) is 18.2 Å². The second-order valence-electron chi connectivity index (χ2n) is 6.81. The van der Waals surface area contributed by atoms with Crippen molar-refractivity contribution < 1.29 is 13.2 Å². The van der Waals surface area contributed by atoms with Gasteiger partial charge in [0.05, 0.1) is 17.0 Å². The van der Waals surface area contributed by atoms with E-state index < -0.39 is 20.9 Å². The molecule has 0 atom stereocenters. The predicted octanol–water partition coefficient (Wildman–Crippen LogP) is 4.28. The molecule has 3 aromatic rings. The summed E-state index contributed by atoms with van der Waals surface area (Å²) in [5, 5.41) is 2.26. The van der Waals surface area contributed by atoms with Gasteiger partial charge in [-0.15, -0.1) is 0 Å². The molecule has 2 aromatic carbocycles. The Hall–Kier alpha value is -2.77. The minimum atomic E-state index is -3.86. The third kappa shape index (κ3) is 4.81. The Labute approximate surface area is 174 Å². The maximum absolute atomic E-state index is 12.8. The van der Waals surface area contributed by atoms with Crippen LogP contribution in [0.5, 0.6) is 0 Å². The molecule has 8 heteroatoms. The summed E-state index contributed by atoms with van der Waals surface area (Å²) in [7, 11) is -3.86. The molecule has 29 heavy (non-hydrogen) atoms. The first kappa shape index (κ1) is 21.0. The Balaban J connectivity index is 1.91. The molecule has 0 saturated carbocycles. The number of anilines is 1. The fourth-order valence-corrected chi connectivity index (χ4v) is 4.32. The van der Waals surface area contributed by atoms with Crippen molar-refractivity contribution in [1.82, 2.24) is 9.97 Å². The van der Waals surface area contributed by atoms with Gasteiger partial charge in [0.25, 0.3) is 5.91 Å². The van der Waals surface area contributed by atoms with Gasteiger partial charge in [-0.2, -0.15) is 0 Å². The smallest absolute Gasteiger partial charge is 0.275 e. The number of halogens is 1. The predicted molar refractivity (Wildman–Crippen MR) is 113 cm³/mol. The van der Waals surface area contributed by atoms with E-state index in [2.05, 4.69) is 15.3 Å². The Bertz CT molecular complexity index is 1190. The van der Waals surface area contributed by atoms with Gasteiger partial charge < -0.3 is 5.32 Å². The van der Waals surface area contributed by atoms with Crippen molar-refractivity contribution in [3.05, 3.63) is 81.6 Å². The molecule has 1 N–H and O–H groups in total. The maximum atomic E-state index is 12.8. The SMILES string of the molecule is Cc1ccc(NC(=O)c2nc(S(=O)(=O)Cc3ccccc3C)ncc2Cl)c(C)c1. The zero-order chi connectivity index (χ0) is 21.2. The van der Waals surface area contributed by atoms with Crippen molar-refractivity contribution in [2.45, 2.75) is 31.7 Å². The van der Waals surface area contributed by atoms with E-state index in [-0.39, 0.29) is 16.5 Å². The molecular weight excluding hydrogens is 410 g/mol. The zero-order valence-corrected chi connectivity index (χ0v) is 17.8. The molecule has 0 aliphatic carbocycles. The molecule has 0 unspecified atom stereocenters. The summed E-state index contributed by atoms with van der Waals surface area (Å²) in [6.07, 6.45) is 1.14. The van der Waals surface area contributed by atoms with E-state index in [4.69, 9.17) is 11.6 Å². The van der Waals surface area contributed by atoms with Gasteiger partial charge in [0, 0.05) is 5.69 Å². The standard InChI is InChI=1S/C21H20ClN3O3S/c1-13-8-9-18(15(3)10-13)24-20(26)19-17(22)11-23-21(25-19)29(27,28)12-16-7-5-4-6-14(16)2/h4-11H,12H2,1-3H3,(H,24,26). The quantitative estimate of drug-likeness (QED) is 0.611. The highest BCUT2D eigenvalue weighted by Gasteiger charge is 2.23. The average Bonchev–Trinajstić information content (AvgIpc) is 2.66. The largest absolute Gasteiger partial charge is 0.320 e. The van der Waals surface area contributed by atoms with Gasteiger partial charge in [0.1, 0.15) is 0 Å². The van der Waals surface area contributed by atoms with Crippen molar-refractivity contribution in [3.63, 3.8) is 0 Å². The molecule has 6 nitrogen and oxygen atoms in total.